The van der Waals surface area contributed by atoms with E-state index in [1.54, 1.807) is 0 Å². The van der Waals surface area contributed by atoms with Gasteiger partial charge in [-0.25, -0.2) is 0 Å². The minimum absolute atomic E-state index is 0.185. The second kappa shape index (κ2) is 4.66. The number of hydrogen-bond donors (Lipinski definition) is 1. The van der Waals surface area contributed by atoms with Crippen LogP contribution >= 0.6 is 15.9 Å². The van der Waals surface area contributed by atoms with Crippen molar-refractivity contribution in [2.45, 2.75) is 6.42 Å². The van der Waals surface area contributed by atoms with Gasteiger partial charge in [-0.05, 0) is 4.83 Å². The maximum Gasteiger partial charge on any atom is 0.221 e. The minimum Gasteiger partial charge on any atom is -0.356 e. The molecule has 0 atom stereocenters. The van der Waals surface area contributed by atoms with Crippen LogP contribution in [0.1, 0.15) is 6.42 Å². The van der Waals surface area contributed by atoms with Crippen molar-refractivity contribution < 1.29 is 4.79 Å². The molecule has 1 aliphatic rings. The molecule has 0 spiro atoms. The van der Waals surface area contributed by atoms with E-state index in [1.807, 2.05) is 0 Å². The van der Waals surface area contributed by atoms with Crippen molar-refractivity contribution in [2.75, 3.05) is 6.54 Å². The molecule has 2 nitrogen and oxygen atoms in total. The first-order valence-corrected chi connectivity index (χ1v) is 2.93. The number of nitrogens with one attached hydrogen (secondary N) is 1. The van der Waals surface area contributed by atoms with Crippen LogP contribution in [-0.2, 0) is 4.79 Å². The van der Waals surface area contributed by atoms with Gasteiger partial charge in [-0.1, -0.05) is 0 Å². The van der Waals surface area contributed by atoms with Gasteiger partial charge in [-0.3, -0.25) is 4.79 Å². The summed E-state index contributed by atoms with van der Waals surface area (Å²) < 4.78 is 0. The Morgan fingerprint density at radius 3 is 2.12 bits per heavy atom. The Bertz CT molecular complexity index is 110. The van der Waals surface area contributed by atoms with Crippen molar-refractivity contribution in [3.63, 3.8) is 0 Å². The van der Waals surface area contributed by atoms with E-state index in [4.69, 9.17) is 0 Å². The highest BCUT2D eigenvalue weighted by atomic mass is 79.9. The average Bonchev–Trinajstić information content (AvgIpc) is 1.64. The highest BCUT2D eigenvalue weighted by Gasteiger charge is 2.07. The summed E-state index contributed by atoms with van der Waals surface area (Å²) in [5, 5.41) is 2.57. The molecule has 0 aliphatic carbocycles. The summed E-state index contributed by atoms with van der Waals surface area (Å²) >= 11 is 2.67. The lowest BCUT2D eigenvalue weighted by Crippen LogP contribution is -2.37. The molecule has 0 aromatic rings. The standard InChI is InChI=1S/C3H5NO.C2HBr/c5-3-1-2-4-3;1-2-3/h1-2H2,(H,4,5);1H. The lowest BCUT2D eigenvalue weighted by molar-refractivity contribution is -0.125. The maximum absolute atomic E-state index is 9.79. The Morgan fingerprint density at radius 2 is 2.12 bits per heavy atom. The van der Waals surface area contributed by atoms with Crippen LogP contribution < -0.4 is 5.32 Å². The van der Waals surface area contributed by atoms with E-state index in [9.17, 15) is 4.79 Å². The lowest BCUT2D eigenvalue weighted by Gasteiger charge is -2.10. The second-order valence-corrected chi connectivity index (χ2v) is 1.67. The Balaban J connectivity index is 0.000000145. The third-order valence-corrected chi connectivity index (χ3v) is 0.674. The largest absolute Gasteiger partial charge is 0.356 e. The van der Waals surface area contributed by atoms with Gasteiger partial charge in [-0.2, -0.15) is 0 Å². The van der Waals surface area contributed by atoms with E-state index in [-0.39, 0.29) is 5.91 Å². The Labute approximate surface area is 56.8 Å². The topological polar surface area (TPSA) is 29.1 Å². The molecule has 0 aromatic heterocycles. The number of hydrogen-bond acceptors (Lipinski definition) is 1. The fourth-order valence-electron chi connectivity index (χ4n) is 0.227. The minimum atomic E-state index is 0.185. The molecule has 3 heteroatoms. The van der Waals surface area contributed by atoms with Crippen LogP contribution in [0.3, 0.4) is 0 Å². The number of rotatable bonds is 0. The molecule has 0 unspecified atom stereocenters. The number of carbonyl (C=O) groups is 1. The summed E-state index contributed by atoms with van der Waals surface area (Å²) in [6.07, 6.45) is 5.25. The number of carbonyl (C=O) groups excluding carboxylic acids is 1. The predicted molar refractivity (Wildman–Crippen MR) is 35.4 cm³/mol. The zero-order valence-electron chi connectivity index (χ0n) is 4.28. The van der Waals surface area contributed by atoms with E-state index in [1.165, 1.54) is 0 Å². The van der Waals surface area contributed by atoms with Crippen LogP contribution in [0.2, 0.25) is 0 Å². The number of amides is 1. The Hall–Kier alpha value is -0.490. The molecule has 1 fully saturated rings. The third-order valence-electron chi connectivity index (χ3n) is 0.674. The highest BCUT2D eigenvalue weighted by Crippen LogP contribution is 1.85. The monoisotopic (exact) mass is 175 g/mol. The molecule has 1 N–H and O–H groups in total. The molecule has 8 heavy (non-hydrogen) atoms. The molecule has 1 heterocycles. The van der Waals surface area contributed by atoms with Gasteiger partial charge in [0.25, 0.3) is 0 Å². The first-order chi connectivity index (χ1) is 3.81. The Morgan fingerprint density at radius 1 is 1.88 bits per heavy atom. The molecular weight excluding hydrogens is 170 g/mol. The summed E-state index contributed by atoms with van der Waals surface area (Å²) in [5.41, 5.74) is 0. The molecule has 1 rings (SSSR count). The van der Waals surface area contributed by atoms with Crippen LogP contribution in [0.25, 0.3) is 0 Å². The molecule has 0 aromatic carbocycles. The van der Waals surface area contributed by atoms with Crippen LogP contribution in [0.5, 0.6) is 0 Å². The number of β-lactam (4-membered cyclic amide) rings is 1. The molecule has 0 bridgehead atoms. The van der Waals surface area contributed by atoms with Crippen LogP contribution in [0.4, 0.5) is 0 Å². The summed E-state index contributed by atoms with van der Waals surface area (Å²) in [6, 6.07) is 0. The average molecular weight is 176 g/mol. The number of terminal acetylenes is 1. The van der Waals surface area contributed by atoms with E-state index in [2.05, 4.69) is 32.5 Å². The summed E-state index contributed by atoms with van der Waals surface area (Å²) in [5.74, 6) is 0.185. The first-order valence-electron chi connectivity index (χ1n) is 2.14. The van der Waals surface area contributed by atoms with Gasteiger partial charge in [0.1, 0.15) is 0 Å². The van der Waals surface area contributed by atoms with Gasteiger partial charge in [0, 0.05) is 28.9 Å². The van der Waals surface area contributed by atoms with Crippen molar-refractivity contribution in [1.82, 2.24) is 5.32 Å². The zero-order chi connectivity index (χ0) is 6.41. The van der Waals surface area contributed by atoms with E-state index in [0.29, 0.717) is 0 Å². The summed E-state index contributed by atoms with van der Waals surface area (Å²) in [4.78, 5) is 11.9. The van der Waals surface area contributed by atoms with E-state index in [0.717, 1.165) is 13.0 Å². The molecule has 1 aliphatic heterocycles. The molecule has 0 saturated carbocycles. The lowest BCUT2D eigenvalue weighted by atomic mass is 10.3. The fourth-order valence-corrected chi connectivity index (χ4v) is 0.227. The quantitative estimate of drug-likeness (QED) is 0.422. The molecular formula is C5H6BrNO. The second-order valence-electron chi connectivity index (χ2n) is 1.21. The normalized spacial score (nSPS) is 13.8. The highest BCUT2D eigenvalue weighted by molar-refractivity contribution is 9.12. The van der Waals surface area contributed by atoms with E-state index < -0.39 is 0 Å². The maximum atomic E-state index is 9.79. The van der Waals surface area contributed by atoms with Crippen molar-refractivity contribution in [3.8, 4) is 11.3 Å². The molecule has 0 radical (unpaired) electrons. The van der Waals surface area contributed by atoms with Crippen LogP contribution in [-0.4, -0.2) is 12.5 Å². The smallest absolute Gasteiger partial charge is 0.221 e. The van der Waals surface area contributed by atoms with E-state index >= 15 is 0 Å². The predicted octanol–water partition coefficient (Wildman–Crippen LogP) is 0.478. The molecule has 1 saturated heterocycles. The summed E-state index contributed by atoms with van der Waals surface area (Å²) in [7, 11) is 0. The fraction of sp³-hybridized carbons (Fsp3) is 0.400. The van der Waals surface area contributed by atoms with Crippen LogP contribution in [0.15, 0.2) is 0 Å². The number of halogens is 1. The molecule has 1 amide bonds. The van der Waals surface area contributed by atoms with Gasteiger partial charge in [0.05, 0.1) is 0 Å². The van der Waals surface area contributed by atoms with Crippen molar-refractivity contribution in [3.05, 3.63) is 0 Å². The first kappa shape index (κ1) is 7.51. The van der Waals surface area contributed by atoms with Gasteiger partial charge >= 0.3 is 0 Å². The van der Waals surface area contributed by atoms with Crippen molar-refractivity contribution >= 4 is 21.8 Å². The van der Waals surface area contributed by atoms with Crippen molar-refractivity contribution in [1.29, 1.82) is 0 Å². The zero-order valence-corrected chi connectivity index (χ0v) is 5.86. The molecule has 44 valence electrons. The van der Waals surface area contributed by atoms with Gasteiger partial charge < -0.3 is 5.32 Å². The van der Waals surface area contributed by atoms with Crippen molar-refractivity contribution in [2.24, 2.45) is 0 Å². The SMILES string of the molecule is C#CBr.O=C1CCN1. The third kappa shape index (κ3) is 3.69. The van der Waals surface area contributed by atoms with Gasteiger partial charge in [0.2, 0.25) is 5.91 Å². The van der Waals surface area contributed by atoms with Gasteiger partial charge in [0.15, 0.2) is 0 Å². The Kier molecular flexibility index (Phi) is 4.38. The van der Waals surface area contributed by atoms with Crippen LogP contribution in [0, 0.1) is 11.3 Å². The van der Waals surface area contributed by atoms with Gasteiger partial charge in [-0.15, -0.1) is 6.42 Å². The summed E-state index contributed by atoms with van der Waals surface area (Å²) in [6.45, 7) is 0.888.